The van der Waals surface area contributed by atoms with Gasteiger partial charge in [-0.2, -0.15) is 0 Å². The maximum absolute atomic E-state index is 12.3. The Hall–Kier alpha value is -3.10. The summed E-state index contributed by atoms with van der Waals surface area (Å²) in [5.74, 6) is 0.293. The Morgan fingerprint density at radius 3 is 2.58 bits per heavy atom. The molecule has 2 aromatic rings. The van der Waals surface area contributed by atoms with Crippen LogP contribution in [0, 0.1) is 0 Å². The molecule has 8 heteroatoms. The second-order valence-corrected chi connectivity index (χ2v) is 6.66. The van der Waals surface area contributed by atoms with Gasteiger partial charge in [0.1, 0.15) is 12.4 Å². The van der Waals surface area contributed by atoms with Gasteiger partial charge in [-0.15, -0.1) is 0 Å². The van der Waals surface area contributed by atoms with E-state index in [4.69, 9.17) is 14.2 Å². The Bertz CT molecular complexity index is 828. The van der Waals surface area contributed by atoms with Gasteiger partial charge in [-0.05, 0) is 43.7 Å². The minimum atomic E-state index is -0.208. The van der Waals surface area contributed by atoms with Crippen LogP contribution in [0.1, 0.15) is 23.7 Å². The molecular weight excluding hydrogens is 398 g/mol. The summed E-state index contributed by atoms with van der Waals surface area (Å²) in [6, 6.07) is 14.2. The number of benzene rings is 2. The van der Waals surface area contributed by atoms with Crippen LogP contribution in [0.5, 0.6) is 5.75 Å². The van der Waals surface area contributed by atoms with E-state index in [0.717, 1.165) is 6.42 Å². The monoisotopic (exact) mass is 429 g/mol. The normalized spacial score (nSPS) is 10.4. The van der Waals surface area contributed by atoms with E-state index >= 15 is 0 Å². The summed E-state index contributed by atoms with van der Waals surface area (Å²) in [5.41, 5.74) is 1.86. The van der Waals surface area contributed by atoms with E-state index in [9.17, 15) is 9.59 Å². The topological polar surface area (TPSA) is 97.9 Å². The third-order valence-corrected chi connectivity index (χ3v) is 4.21. The molecule has 31 heavy (non-hydrogen) atoms. The van der Waals surface area contributed by atoms with E-state index in [-0.39, 0.29) is 18.4 Å². The number of ether oxygens (including phenoxy) is 3. The minimum Gasteiger partial charge on any atom is -0.491 e. The molecule has 0 aliphatic carbocycles. The van der Waals surface area contributed by atoms with Gasteiger partial charge in [0.15, 0.2) is 0 Å². The maximum Gasteiger partial charge on any atom is 0.251 e. The molecular formula is C23H31N3O5. The quantitative estimate of drug-likeness (QED) is 0.400. The number of rotatable bonds is 14. The van der Waals surface area contributed by atoms with Crippen LogP contribution in [0.4, 0.5) is 11.4 Å². The highest BCUT2D eigenvalue weighted by Gasteiger charge is 2.07. The van der Waals surface area contributed by atoms with Crippen molar-refractivity contribution in [1.82, 2.24) is 5.32 Å². The predicted octanol–water partition coefficient (Wildman–Crippen LogP) is 2.92. The molecule has 0 heterocycles. The van der Waals surface area contributed by atoms with Crippen molar-refractivity contribution in [2.24, 2.45) is 0 Å². The molecule has 0 unspecified atom stereocenters. The number of amides is 2. The molecule has 2 rings (SSSR count). The van der Waals surface area contributed by atoms with Gasteiger partial charge in [-0.3, -0.25) is 9.59 Å². The van der Waals surface area contributed by atoms with Crippen LogP contribution in [0.2, 0.25) is 0 Å². The van der Waals surface area contributed by atoms with Crippen LogP contribution >= 0.6 is 0 Å². The van der Waals surface area contributed by atoms with Gasteiger partial charge < -0.3 is 30.2 Å². The van der Waals surface area contributed by atoms with Gasteiger partial charge in [0.25, 0.3) is 5.91 Å². The zero-order chi connectivity index (χ0) is 22.3. The summed E-state index contributed by atoms with van der Waals surface area (Å²) < 4.78 is 15.8. The van der Waals surface area contributed by atoms with E-state index in [1.807, 2.05) is 25.1 Å². The van der Waals surface area contributed by atoms with E-state index < -0.39 is 0 Å². The van der Waals surface area contributed by atoms with Gasteiger partial charge >= 0.3 is 0 Å². The van der Waals surface area contributed by atoms with Crippen LogP contribution < -0.4 is 20.7 Å². The van der Waals surface area contributed by atoms with E-state index in [1.165, 1.54) is 0 Å². The molecule has 2 amide bonds. The van der Waals surface area contributed by atoms with Crippen LogP contribution in [-0.4, -0.2) is 58.4 Å². The first-order valence-corrected chi connectivity index (χ1v) is 10.3. The molecule has 0 atom stereocenters. The third-order valence-electron chi connectivity index (χ3n) is 4.21. The summed E-state index contributed by atoms with van der Waals surface area (Å²) in [6.07, 6.45) is 0.749. The lowest BCUT2D eigenvalue weighted by Crippen LogP contribution is -2.25. The van der Waals surface area contributed by atoms with Crippen LogP contribution in [0.25, 0.3) is 0 Å². The van der Waals surface area contributed by atoms with Crippen molar-refractivity contribution in [3.8, 4) is 5.75 Å². The molecule has 0 saturated heterocycles. The van der Waals surface area contributed by atoms with Gasteiger partial charge in [-0.1, -0.05) is 12.1 Å². The van der Waals surface area contributed by atoms with Gasteiger partial charge in [0.2, 0.25) is 5.91 Å². The van der Waals surface area contributed by atoms with Crippen molar-refractivity contribution in [1.29, 1.82) is 0 Å². The number of methoxy groups -OCH3 is 1. The zero-order valence-corrected chi connectivity index (χ0v) is 18.1. The maximum atomic E-state index is 12.3. The lowest BCUT2D eigenvalue weighted by atomic mass is 10.2. The molecule has 168 valence electrons. The second kappa shape index (κ2) is 14.0. The number of nitrogens with one attached hydrogen (secondary N) is 3. The molecule has 0 bridgehead atoms. The summed E-state index contributed by atoms with van der Waals surface area (Å²) in [5, 5.41) is 8.71. The fraction of sp³-hybridized carbons (Fsp3) is 0.391. The molecule has 0 saturated carbocycles. The van der Waals surface area contributed by atoms with Crippen LogP contribution in [-0.2, 0) is 14.3 Å². The van der Waals surface area contributed by atoms with Crippen molar-refractivity contribution in [3.05, 3.63) is 54.1 Å². The Labute approximate surface area is 183 Å². The van der Waals surface area contributed by atoms with Crippen LogP contribution in [0.15, 0.2) is 48.5 Å². The molecule has 0 aromatic heterocycles. The summed E-state index contributed by atoms with van der Waals surface area (Å²) in [6.45, 7) is 4.74. The lowest BCUT2D eigenvalue weighted by molar-refractivity contribution is -0.114. The number of anilines is 2. The predicted molar refractivity (Wildman–Crippen MR) is 121 cm³/mol. The summed E-state index contributed by atoms with van der Waals surface area (Å²) in [4.78, 5) is 24.5. The Balaban J connectivity index is 1.80. The highest BCUT2D eigenvalue weighted by Crippen LogP contribution is 2.17. The Kier molecular flexibility index (Phi) is 10.9. The molecule has 8 nitrogen and oxygen atoms in total. The lowest BCUT2D eigenvalue weighted by Gasteiger charge is -2.11. The summed E-state index contributed by atoms with van der Waals surface area (Å²) >= 11 is 0. The molecule has 3 N–H and O–H groups in total. The smallest absolute Gasteiger partial charge is 0.251 e. The fourth-order valence-electron chi connectivity index (χ4n) is 2.70. The molecule has 0 aliphatic rings. The average Bonchev–Trinajstić information content (AvgIpc) is 2.78. The average molecular weight is 430 g/mol. The van der Waals surface area contributed by atoms with Crippen molar-refractivity contribution < 1.29 is 23.8 Å². The van der Waals surface area contributed by atoms with Crippen molar-refractivity contribution in [2.75, 3.05) is 57.3 Å². The fourth-order valence-corrected chi connectivity index (χ4v) is 2.70. The van der Waals surface area contributed by atoms with Crippen molar-refractivity contribution >= 4 is 23.2 Å². The number of carbonyl (C=O) groups is 2. The molecule has 0 radical (unpaired) electrons. The Morgan fingerprint density at radius 2 is 1.77 bits per heavy atom. The zero-order valence-electron chi connectivity index (χ0n) is 18.1. The first-order valence-electron chi connectivity index (χ1n) is 10.3. The number of hydrogen-bond donors (Lipinski definition) is 3. The summed E-state index contributed by atoms with van der Waals surface area (Å²) in [7, 11) is 1.63. The highest BCUT2D eigenvalue weighted by molar-refractivity contribution is 5.96. The Morgan fingerprint density at radius 1 is 0.968 bits per heavy atom. The first kappa shape index (κ1) is 24.2. The largest absolute Gasteiger partial charge is 0.491 e. The van der Waals surface area contributed by atoms with Gasteiger partial charge in [0, 0.05) is 49.9 Å². The van der Waals surface area contributed by atoms with Crippen molar-refractivity contribution in [2.45, 2.75) is 13.3 Å². The standard InChI is InChI=1S/C23H31N3O5/c1-3-30-13-14-31-21-10-5-9-20(16-21)26-22(27)17-25-19-8-4-7-18(15-19)23(28)24-11-6-12-29-2/h4-5,7-10,15-16,25H,3,6,11-14,17H2,1-2H3,(H,24,28)(H,26,27). The van der Waals surface area contributed by atoms with Gasteiger partial charge in [0.05, 0.1) is 13.2 Å². The molecule has 0 fully saturated rings. The highest BCUT2D eigenvalue weighted by atomic mass is 16.5. The number of hydrogen-bond acceptors (Lipinski definition) is 6. The number of carbonyl (C=O) groups excluding carboxylic acids is 2. The SMILES string of the molecule is CCOCCOc1cccc(NC(=O)CNc2cccc(C(=O)NCCCOC)c2)c1. The van der Waals surface area contributed by atoms with Crippen molar-refractivity contribution in [3.63, 3.8) is 0 Å². The van der Waals surface area contributed by atoms with E-state index in [2.05, 4.69) is 16.0 Å². The van der Waals surface area contributed by atoms with E-state index in [0.29, 0.717) is 55.7 Å². The van der Waals surface area contributed by atoms with Crippen LogP contribution in [0.3, 0.4) is 0 Å². The minimum absolute atomic E-state index is 0.0638. The van der Waals surface area contributed by atoms with Gasteiger partial charge in [-0.25, -0.2) is 0 Å². The third kappa shape index (κ3) is 9.50. The molecule has 0 spiro atoms. The first-order chi connectivity index (χ1) is 15.1. The van der Waals surface area contributed by atoms with E-state index in [1.54, 1.807) is 37.4 Å². The molecule has 2 aromatic carbocycles. The molecule has 0 aliphatic heterocycles. The second-order valence-electron chi connectivity index (χ2n) is 6.66.